The molecule has 156 valence electrons. The zero-order valence-corrected chi connectivity index (χ0v) is 17.6. The van der Waals surface area contributed by atoms with E-state index >= 15 is 0 Å². The highest BCUT2D eigenvalue weighted by Gasteiger charge is 2.26. The molecule has 2 N–H and O–H groups in total. The van der Waals surface area contributed by atoms with Crippen LogP contribution in [-0.2, 0) is 11.2 Å². The van der Waals surface area contributed by atoms with Crippen LogP contribution in [0.1, 0.15) is 57.4 Å². The predicted octanol–water partition coefficient (Wildman–Crippen LogP) is 3.25. The topological polar surface area (TPSA) is 74.4 Å². The summed E-state index contributed by atoms with van der Waals surface area (Å²) in [6, 6.07) is 10.6. The Kier molecular flexibility index (Phi) is 7.09. The first-order chi connectivity index (χ1) is 14.0. The molecule has 1 aromatic carbocycles. The van der Waals surface area contributed by atoms with Gasteiger partial charge in [-0.05, 0) is 57.7 Å². The molecule has 1 amide bonds. The summed E-state index contributed by atoms with van der Waals surface area (Å²) in [5.74, 6) is -0.543. The zero-order chi connectivity index (χ0) is 20.8. The lowest BCUT2D eigenvalue weighted by atomic mass is 10.0. The number of hydrogen-bond acceptors (Lipinski definition) is 4. The number of aromatic nitrogens is 1. The predicted molar refractivity (Wildman–Crippen MR) is 113 cm³/mol. The number of hydrogen-bond donors (Lipinski definition) is 2. The molecule has 0 saturated carbocycles. The number of rotatable bonds is 7. The van der Waals surface area contributed by atoms with E-state index in [-0.39, 0.29) is 17.9 Å². The average Bonchev–Trinajstić information content (AvgIpc) is 3.02. The van der Waals surface area contributed by atoms with E-state index in [1.807, 2.05) is 6.07 Å². The van der Waals surface area contributed by atoms with Crippen LogP contribution in [0.3, 0.4) is 0 Å². The lowest BCUT2D eigenvalue weighted by Gasteiger charge is -2.33. The first-order valence-corrected chi connectivity index (χ1v) is 10.4. The van der Waals surface area contributed by atoms with Gasteiger partial charge in [0.05, 0.1) is 12.2 Å². The van der Waals surface area contributed by atoms with Gasteiger partial charge in [-0.3, -0.25) is 4.79 Å². The molecule has 1 aliphatic rings. The number of likely N-dealkylation sites (tertiary alicyclic amines) is 1. The number of carbonyl (C=O) groups is 2. The molecule has 1 atom stereocenters. The van der Waals surface area contributed by atoms with Crippen LogP contribution in [0.25, 0.3) is 0 Å². The highest BCUT2D eigenvalue weighted by Crippen LogP contribution is 2.20. The SMILES string of the molecule is CCOC(=O)c1c(C)[nH]c(C(=O)N[C@@H]2CCCN(CCc3ccccc3)C2)c1C. The third-order valence-electron chi connectivity index (χ3n) is 5.54. The number of aromatic amines is 1. The van der Waals surface area contributed by atoms with Crippen molar-refractivity contribution in [1.29, 1.82) is 0 Å². The Morgan fingerprint density at radius 3 is 2.72 bits per heavy atom. The zero-order valence-electron chi connectivity index (χ0n) is 17.6. The maximum absolute atomic E-state index is 12.9. The van der Waals surface area contributed by atoms with E-state index in [4.69, 9.17) is 4.74 Å². The van der Waals surface area contributed by atoms with E-state index in [9.17, 15) is 9.59 Å². The first-order valence-electron chi connectivity index (χ1n) is 10.4. The third kappa shape index (κ3) is 5.26. The van der Waals surface area contributed by atoms with Crippen molar-refractivity contribution < 1.29 is 14.3 Å². The molecule has 0 unspecified atom stereocenters. The number of H-pyrrole nitrogens is 1. The summed E-state index contributed by atoms with van der Waals surface area (Å²) in [5.41, 5.74) is 3.56. The molecule has 1 aromatic heterocycles. The smallest absolute Gasteiger partial charge is 0.340 e. The molecule has 0 radical (unpaired) electrons. The van der Waals surface area contributed by atoms with Crippen molar-refractivity contribution in [2.24, 2.45) is 0 Å². The van der Waals surface area contributed by atoms with Gasteiger partial charge in [0.15, 0.2) is 0 Å². The molecule has 2 heterocycles. The van der Waals surface area contributed by atoms with Gasteiger partial charge in [-0.15, -0.1) is 0 Å². The van der Waals surface area contributed by atoms with E-state index < -0.39 is 0 Å². The Morgan fingerprint density at radius 2 is 2.00 bits per heavy atom. The van der Waals surface area contributed by atoms with Gasteiger partial charge < -0.3 is 19.9 Å². The largest absolute Gasteiger partial charge is 0.462 e. The van der Waals surface area contributed by atoms with Crippen LogP contribution < -0.4 is 5.32 Å². The third-order valence-corrected chi connectivity index (χ3v) is 5.54. The minimum absolute atomic E-state index is 0.112. The van der Waals surface area contributed by atoms with E-state index in [0.717, 1.165) is 38.9 Å². The van der Waals surface area contributed by atoms with Crippen molar-refractivity contribution in [3.8, 4) is 0 Å². The number of piperidine rings is 1. The van der Waals surface area contributed by atoms with Crippen LogP contribution >= 0.6 is 0 Å². The Hall–Kier alpha value is -2.60. The minimum Gasteiger partial charge on any atom is -0.462 e. The summed E-state index contributed by atoms with van der Waals surface area (Å²) in [7, 11) is 0. The summed E-state index contributed by atoms with van der Waals surface area (Å²) in [6.07, 6.45) is 3.05. The van der Waals surface area contributed by atoms with Crippen molar-refractivity contribution in [1.82, 2.24) is 15.2 Å². The number of nitrogens with zero attached hydrogens (tertiary/aromatic N) is 1. The number of aryl methyl sites for hydroxylation is 1. The second-order valence-electron chi connectivity index (χ2n) is 7.69. The number of carbonyl (C=O) groups excluding carboxylic acids is 2. The van der Waals surface area contributed by atoms with Gasteiger partial charge in [-0.1, -0.05) is 30.3 Å². The van der Waals surface area contributed by atoms with Gasteiger partial charge in [-0.25, -0.2) is 4.79 Å². The van der Waals surface area contributed by atoms with E-state index in [0.29, 0.717) is 29.1 Å². The standard InChI is InChI=1S/C23H31N3O3/c1-4-29-23(28)20-16(2)21(24-17(20)3)22(27)25-19-11-8-13-26(15-19)14-12-18-9-6-5-7-10-18/h5-7,9-10,19,24H,4,8,11-15H2,1-3H3,(H,25,27)/t19-/m1/s1. The van der Waals surface area contributed by atoms with Gasteiger partial charge in [0.2, 0.25) is 0 Å². The Morgan fingerprint density at radius 1 is 1.24 bits per heavy atom. The van der Waals surface area contributed by atoms with Crippen molar-refractivity contribution in [3.05, 3.63) is 58.4 Å². The maximum Gasteiger partial charge on any atom is 0.340 e. The molecule has 1 fully saturated rings. The molecule has 1 saturated heterocycles. The summed E-state index contributed by atoms with van der Waals surface area (Å²) >= 11 is 0. The Bertz CT molecular complexity index is 845. The number of nitrogens with one attached hydrogen (secondary N) is 2. The van der Waals surface area contributed by atoms with Crippen molar-refractivity contribution in [3.63, 3.8) is 0 Å². The van der Waals surface area contributed by atoms with Crippen molar-refractivity contribution in [2.45, 2.75) is 46.1 Å². The fraction of sp³-hybridized carbons (Fsp3) is 0.478. The van der Waals surface area contributed by atoms with Gasteiger partial charge in [-0.2, -0.15) is 0 Å². The quantitative estimate of drug-likeness (QED) is 0.704. The molecule has 0 bridgehead atoms. The molecule has 0 spiro atoms. The molecule has 6 heteroatoms. The molecule has 2 aromatic rings. The summed E-state index contributed by atoms with van der Waals surface area (Å²) in [5, 5.41) is 3.15. The molecular formula is C23H31N3O3. The van der Waals surface area contributed by atoms with Crippen LogP contribution in [0.5, 0.6) is 0 Å². The monoisotopic (exact) mass is 397 g/mol. The number of ether oxygens (including phenoxy) is 1. The average molecular weight is 398 g/mol. The number of benzene rings is 1. The van der Waals surface area contributed by atoms with Crippen LogP contribution in [0, 0.1) is 13.8 Å². The lowest BCUT2D eigenvalue weighted by molar-refractivity contribution is 0.0525. The summed E-state index contributed by atoms with van der Waals surface area (Å²) in [6.45, 7) is 8.57. The number of amides is 1. The lowest BCUT2D eigenvalue weighted by Crippen LogP contribution is -2.48. The van der Waals surface area contributed by atoms with Crippen molar-refractivity contribution >= 4 is 11.9 Å². The fourth-order valence-corrected chi connectivity index (χ4v) is 4.05. The molecule has 29 heavy (non-hydrogen) atoms. The number of esters is 1. The van der Waals surface area contributed by atoms with Crippen LogP contribution in [0.15, 0.2) is 30.3 Å². The summed E-state index contributed by atoms with van der Waals surface area (Å²) < 4.78 is 5.11. The minimum atomic E-state index is -0.387. The fourth-order valence-electron chi connectivity index (χ4n) is 4.05. The molecule has 1 aliphatic heterocycles. The van der Waals surface area contributed by atoms with Gasteiger partial charge in [0.25, 0.3) is 5.91 Å². The van der Waals surface area contributed by atoms with Crippen LogP contribution in [0.2, 0.25) is 0 Å². The van der Waals surface area contributed by atoms with Gasteiger partial charge >= 0.3 is 5.97 Å². The van der Waals surface area contributed by atoms with E-state index in [1.165, 1.54) is 5.56 Å². The summed E-state index contributed by atoms with van der Waals surface area (Å²) in [4.78, 5) is 30.5. The van der Waals surface area contributed by atoms with Gasteiger partial charge in [0, 0.05) is 24.8 Å². The molecule has 3 rings (SSSR count). The maximum atomic E-state index is 12.9. The highest BCUT2D eigenvalue weighted by molar-refractivity contribution is 6.00. The second-order valence-corrected chi connectivity index (χ2v) is 7.69. The molecular weight excluding hydrogens is 366 g/mol. The van der Waals surface area contributed by atoms with Crippen LogP contribution in [-0.4, -0.2) is 54.0 Å². The molecule has 0 aliphatic carbocycles. The Balaban J connectivity index is 1.59. The molecule has 6 nitrogen and oxygen atoms in total. The normalized spacial score (nSPS) is 17.1. The highest BCUT2D eigenvalue weighted by atomic mass is 16.5. The first kappa shape index (κ1) is 21.1. The van der Waals surface area contributed by atoms with E-state index in [1.54, 1.807) is 20.8 Å². The van der Waals surface area contributed by atoms with Crippen molar-refractivity contribution in [2.75, 3.05) is 26.2 Å². The van der Waals surface area contributed by atoms with E-state index in [2.05, 4.69) is 39.5 Å². The Labute approximate surface area is 172 Å². The second kappa shape index (κ2) is 9.74. The van der Waals surface area contributed by atoms with Crippen LogP contribution in [0.4, 0.5) is 0 Å². The van der Waals surface area contributed by atoms with Gasteiger partial charge in [0.1, 0.15) is 5.69 Å².